The number of thioether (sulfide) groups is 1. The smallest absolute Gasteiger partial charge is 0.251 e. The number of carbonyl (C=O) groups excluding carboxylic acids is 2. The SMILES string of the molecule is COc1ccc(CNC(=O)c2cccc(NC(=O)CSc3nncn3C)c2)c(OC)c1. The van der Waals surface area contributed by atoms with Gasteiger partial charge in [-0.05, 0) is 30.3 Å². The molecule has 0 unspecified atom stereocenters. The molecule has 3 rings (SSSR count). The Morgan fingerprint density at radius 3 is 2.68 bits per heavy atom. The number of amides is 2. The molecule has 3 aromatic rings. The normalized spacial score (nSPS) is 10.4. The first-order chi connectivity index (χ1) is 15.0. The van der Waals surface area contributed by atoms with E-state index in [1.807, 2.05) is 13.1 Å². The Balaban J connectivity index is 1.57. The molecule has 0 radical (unpaired) electrons. The molecule has 0 spiro atoms. The molecule has 2 N–H and O–H groups in total. The molecule has 1 heterocycles. The molecule has 31 heavy (non-hydrogen) atoms. The van der Waals surface area contributed by atoms with Crippen LogP contribution >= 0.6 is 11.8 Å². The van der Waals surface area contributed by atoms with Gasteiger partial charge in [0.25, 0.3) is 5.91 Å². The largest absolute Gasteiger partial charge is 0.497 e. The number of methoxy groups -OCH3 is 2. The first-order valence-corrected chi connectivity index (χ1v) is 10.3. The van der Waals surface area contributed by atoms with Crippen molar-refractivity contribution in [3.05, 3.63) is 59.9 Å². The Bertz CT molecular complexity index is 1070. The molecule has 0 bridgehead atoms. The zero-order valence-corrected chi connectivity index (χ0v) is 18.2. The van der Waals surface area contributed by atoms with Crippen LogP contribution in [0.3, 0.4) is 0 Å². The van der Waals surface area contributed by atoms with E-state index in [0.29, 0.717) is 27.9 Å². The van der Waals surface area contributed by atoms with Gasteiger partial charge in [-0.3, -0.25) is 9.59 Å². The average Bonchev–Trinajstić information content (AvgIpc) is 3.20. The highest BCUT2D eigenvalue weighted by Gasteiger charge is 2.11. The van der Waals surface area contributed by atoms with E-state index in [1.165, 1.54) is 11.8 Å². The summed E-state index contributed by atoms with van der Waals surface area (Å²) in [6.45, 7) is 0.289. The topological polar surface area (TPSA) is 107 Å². The number of carbonyl (C=O) groups is 2. The third kappa shape index (κ3) is 5.98. The summed E-state index contributed by atoms with van der Waals surface area (Å²) in [5.74, 6) is 1.02. The highest BCUT2D eigenvalue weighted by atomic mass is 32.2. The number of nitrogens with one attached hydrogen (secondary N) is 2. The molecule has 2 amide bonds. The minimum absolute atomic E-state index is 0.181. The van der Waals surface area contributed by atoms with Crippen molar-refractivity contribution in [2.75, 3.05) is 25.3 Å². The second-order valence-electron chi connectivity index (χ2n) is 6.50. The van der Waals surface area contributed by atoms with E-state index in [9.17, 15) is 9.59 Å². The summed E-state index contributed by atoms with van der Waals surface area (Å²) in [5.41, 5.74) is 1.80. The minimum Gasteiger partial charge on any atom is -0.497 e. The number of hydrogen-bond donors (Lipinski definition) is 2. The van der Waals surface area contributed by atoms with Gasteiger partial charge < -0.3 is 24.7 Å². The second kappa shape index (κ2) is 10.5. The second-order valence-corrected chi connectivity index (χ2v) is 7.45. The molecule has 2 aromatic carbocycles. The van der Waals surface area contributed by atoms with Gasteiger partial charge in [0.1, 0.15) is 17.8 Å². The van der Waals surface area contributed by atoms with Gasteiger partial charge in [-0.15, -0.1) is 10.2 Å². The standard InChI is InChI=1S/C21H23N5O4S/c1-26-13-23-25-21(26)31-12-19(27)24-16-6-4-5-14(9-16)20(28)22-11-15-7-8-17(29-2)10-18(15)30-3/h4-10,13H,11-12H2,1-3H3,(H,22,28)(H,24,27). The van der Waals surface area contributed by atoms with Gasteiger partial charge >= 0.3 is 0 Å². The number of rotatable bonds is 9. The van der Waals surface area contributed by atoms with Crippen molar-refractivity contribution >= 4 is 29.3 Å². The van der Waals surface area contributed by atoms with Gasteiger partial charge in [0.05, 0.1) is 20.0 Å². The predicted octanol–water partition coefficient (Wildman–Crippen LogP) is 2.49. The minimum atomic E-state index is -0.262. The Hall–Kier alpha value is -3.53. The zero-order valence-electron chi connectivity index (χ0n) is 17.4. The predicted molar refractivity (Wildman–Crippen MR) is 118 cm³/mol. The van der Waals surface area contributed by atoms with E-state index in [2.05, 4.69) is 20.8 Å². The summed E-state index contributed by atoms with van der Waals surface area (Å²) in [7, 11) is 4.95. The molecule has 0 saturated heterocycles. The number of aromatic nitrogens is 3. The Kier molecular flexibility index (Phi) is 7.50. The van der Waals surface area contributed by atoms with Crippen LogP contribution in [-0.2, 0) is 18.4 Å². The molecule has 0 fully saturated rings. The van der Waals surface area contributed by atoms with Gasteiger partial charge in [0.2, 0.25) is 5.91 Å². The monoisotopic (exact) mass is 441 g/mol. The summed E-state index contributed by atoms with van der Waals surface area (Å²) in [6.07, 6.45) is 1.57. The molecule has 10 heteroatoms. The molecule has 0 aliphatic heterocycles. The summed E-state index contributed by atoms with van der Waals surface area (Å²) < 4.78 is 12.3. The zero-order chi connectivity index (χ0) is 22.2. The van der Waals surface area contributed by atoms with E-state index in [-0.39, 0.29) is 24.1 Å². The third-order valence-electron chi connectivity index (χ3n) is 4.34. The maximum Gasteiger partial charge on any atom is 0.251 e. The number of benzene rings is 2. The van der Waals surface area contributed by atoms with Crippen molar-refractivity contribution in [3.8, 4) is 11.5 Å². The molecule has 0 aliphatic carbocycles. The lowest BCUT2D eigenvalue weighted by molar-refractivity contribution is -0.113. The van der Waals surface area contributed by atoms with Gasteiger partial charge in [0, 0.05) is 36.5 Å². The lowest BCUT2D eigenvalue weighted by atomic mass is 10.1. The van der Waals surface area contributed by atoms with Crippen molar-refractivity contribution in [2.24, 2.45) is 7.05 Å². The van der Waals surface area contributed by atoms with Crippen LogP contribution in [0.5, 0.6) is 11.5 Å². The fourth-order valence-electron chi connectivity index (χ4n) is 2.74. The van der Waals surface area contributed by atoms with Gasteiger partial charge in [-0.25, -0.2) is 0 Å². The van der Waals surface area contributed by atoms with Crippen molar-refractivity contribution in [1.82, 2.24) is 20.1 Å². The van der Waals surface area contributed by atoms with E-state index < -0.39 is 0 Å². The Labute approximate surface area is 184 Å². The van der Waals surface area contributed by atoms with E-state index in [4.69, 9.17) is 9.47 Å². The van der Waals surface area contributed by atoms with Crippen molar-refractivity contribution in [2.45, 2.75) is 11.7 Å². The Morgan fingerprint density at radius 2 is 1.97 bits per heavy atom. The number of anilines is 1. The van der Waals surface area contributed by atoms with Crippen molar-refractivity contribution < 1.29 is 19.1 Å². The number of aryl methyl sites for hydroxylation is 1. The summed E-state index contributed by atoms with van der Waals surface area (Å²) in [4.78, 5) is 24.8. The maximum atomic E-state index is 12.6. The van der Waals surface area contributed by atoms with Crippen LogP contribution in [-0.4, -0.2) is 46.6 Å². The maximum absolute atomic E-state index is 12.6. The van der Waals surface area contributed by atoms with Crippen LogP contribution in [0.4, 0.5) is 5.69 Å². The average molecular weight is 442 g/mol. The van der Waals surface area contributed by atoms with Crippen molar-refractivity contribution in [3.63, 3.8) is 0 Å². The third-order valence-corrected chi connectivity index (χ3v) is 5.38. The van der Waals surface area contributed by atoms with Gasteiger partial charge in [-0.2, -0.15) is 0 Å². The highest BCUT2D eigenvalue weighted by Crippen LogP contribution is 2.24. The van der Waals surface area contributed by atoms with E-state index in [1.54, 1.807) is 61.5 Å². The molecule has 0 aliphatic rings. The summed E-state index contributed by atoms with van der Waals surface area (Å²) in [6, 6.07) is 12.2. The van der Waals surface area contributed by atoms with Gasteiger partial charge in [0.15, 0.2) is 5.16 Å². The molecular weight excluding hydrogens is 418 g/mol. The number of nitrogens with zero attached hydrogens (tertiary/aromatic N) is 3. The molecule has 9 nitrogen and oxygen atoms in total. The summed E-state index contributed by atoms with van der Waals surface area (Å²) in [5, 5.41) is 14.0. The lowest BCUT2D eigenvalue weighted by Crippen LogP contribution is -2.23. The quantitative estimate of drug-likeness (QED) is 0.491. The van der Waals surface area contributed by atoms with E-state index >= 15 is 0 Å². The Morgan fingerprint density at radius 1 is 1.13 bits per heavy atom. The van der Waals surface area contributed by atoms with Crippen LogP contribution in [0, 0.1) is 0 Å². The lowest BCUT2D eigenvalue weighted by Gasteiger charge is -2.12. The number of ether oxygens (including phenoxy) is 2. The van der Waals surface area contributed by atoms with Crippen LogP contribution in [0.25, 0.3) is 0 Å². The first-order valence-electron chi connectivity index (χ1n) is 9.36. The van der Waals surface area contributed by atoms with Crippen molar-refractivity contribution in [1.29, 1.82) is 0 Å². The van der Waals surface area contributed by atoms with Gasteiger partial charge in [-0.1, -0.05) is 17.8 Å². The fourth-order valence-corrected chi connectivity index (χ4v) is 3.43. The van der Waals surface area contributed by atoms with Crippen LogP contribution < -0.4 is 20.1 Å². The highest BCUT2D eigenvalue weighted by molar-refractivity contribution is 7.99. The van der Waals surface area contributed by atoms with Crippen LogP contribution in [0.2, 0.25) is 0 Å². The fraction of sp³-hybridized carbons (Fsp3) is 0.238. The van der Waals surface area contributed by atoms with Crippen LogP contribution in [0.1, 0.15) is 15.9 Å². The van der Waals surface area contributed by atoms with E-state index in [0.717, 1.165) is 5.56 Å². The molecule has 162 valence electrons. The molecule has 0 atom stereocenters. The molecule has 0 saturated carbocycles. The summed E-state index contributed by atoms with van der Waals surface area (Å²) >= 11 is 1.28. The first kappa shape index (κ1) is 22.2. The molecular formula is C21H23N5O4S. The van der Waals surface area contributed by atoms with Crippen LogP contribution in [0.15, 0.2) is 53.9 Å². The number of hydrogen-bond acceptors (Lipinski definition) is 7. The molecule has 1 aromatic heterocycles.